The molecular formula is C44H54CrO3Sn. The molecule has 0 N–H and O–H groups in total. The van der Waals surface area contributed by atoms with E-state index in [4.69, 9.17) is 14.0 Å². The van der Waals surface area contributed by atoms with Gasteiger partial charge in [0.25, 0.3) is 0 Å². The molecule has 0 spiro atoms. The Kier molecular flexibility index (Phi) is 24.7. The first kappa shape index (κ1) is 48.8. The van der Waals surface area contributed by atoms with Gasteiger partial charge >= 0.3 is 277 Å². The van der Waals surface area contributed by atoms with Gasteiger partial charge in [0.2, 0.25) is 0 Å². The van der Waals surface area contributed by atoms with Gasteiger partial charge in [0.15, 0.2) is 0 Å². The molecule has 0 atom stereocenters. The van der Waals surface area contributed by atoms with Gasteiger partial charge in [0.05, 0.1) is 0 Å². The van der Waals surface area contributed by atoms with Gasteiger partial charge in [0, 0.05) is 23.8 Å². The Hall–Kier alpha value is -2.31. The van der Waals surface area contributed by atoms with Crippen molar-refractivity contribution in [3.63, 3.8) is 0 Å². The molecular weight excluding hydrogens is 747 g/mol. The number of hydrogen-bond donors (Lipinski definition) is 0. The van der Waals surface area contributed by atoms with Crippen LogP contribution < -0.4 is 3.58 Å². The predicted octanol–water partition coefficient (Wildman–Crippen LogP) is 11.8. The Bertz CT molecular complexity index is 1390. The zero-order valence-corrected chi connectivity index (χ0v) is 35.7. The maximum absolute atomic E-state index is 7.50. The van der Waals surface area contributed by atoms with E-state index in [0.29, 0.717) is 35.5 Å². The van der Waals surface area contributed by atoms with E-state index in [-0.39, 0.29) is 17.4 Å². The van der Waals surface area contributed by atoms with Crippen molar-refractivity contribution in [3.05, 3.63) is 127 Å². The van der Waals surface area contributed by atoms with Crippen molar-refractivity contribution < 1.29 is 31.3 Å². The summed E-state index contributed by atoms with van der Waals surface area (Å²) in [5.74, 6) is 2.98. The Morgan fingerprint density at radius 3 is 0.898 bits per heavy atom. The van der Waals surface area contributed by atoms with Crippen molar-refractivity contribution in [1.82, 2.24) is 0 Å². The molecule has 0 saturated carbocycles. The summed E-state index contributed by atoms with van der Waals surface area (Å²) >= 11 is 1.49. The quantitative estimate of drug-likeness (QED) is 0.124. The van der Waals surface area contributed by atoms with Crippen molar-refractivity contribution >= 4 is 26.1 Å². The van der Waals surface area contributed by atoms with Crippen molar-refractivity contribution in [2.24, 2.45) is 0 Å². The van der Waals surface area contributed by atoms with E-state index in [9.17, 15) is 0 Å². The summed E-state index contributed by atoms with van der Waals surface area (Å²) in [6.45, 7) is 41.7. The average molecular weight is 802 g/mol. The van der Waals surface area contributed by atoms with Gasteiger partial charge in [0.1, 0.15) is 0 Å². The van der Waals surface area contributed by atoms with Crippen molar-refractivity contribution in [3.8, 4) is 22.3 Å². The van der Waals surface area contributed by atoms with Crippen LogP contribution in [-0.2, 0) is 31.3 Å². The van der Waals surface area contributed by atoms with Gasteiger partial charge in [-0.2, -0.15) is 0 Å². The van der Waals surface area contributed by atoms with E-state index in [1.807, 2.05) is 30.7 Å². The summed E-state index contributed by atoms with van der Waals surface area (Å²) < 4.78 is 24.0. The summed E-state index contributed by atoms with van der Waals surface area (Å²) in [6, 6.07) is 17.1. The summed E-state index contributed by atoms with van der Waals surface area (Å²) in [5.41, 5.74) is 14.8. The first-order valence-electron chi connectivity index (χ1n) is 16.7. The van der Waals surface area contributed by atoms with Crippen LogP contribution in [-0.4, -0.2) is 22.5 Å². The number of rotatable bonds is 8. The first-order chi connectivity index (χ1) is 22.8. The zero-order valence-electron chi connectivity index (χ0n) is 31.5. The van der Waals surface area contributed by atoms with E-state index in [1.54, 1.807) is 0 Å². The number of benzene rings is 3. The molecule has 49 heavy (non-hydrogen) atoms. The fourth-order valence-corrected chi connectivity index (χ4v) is 7.01. The van der Waals surface area contributed by atoms with Crippen LogP contribution in [0.3, 0.4) is 0 Å². The standard InChI is InChI=1S/C36H49.C5H5.3CO.Cr.Sn/c1-21(2)29-17-31(23(5)6)35(32(18-29)24(7)8)27-14-13-15-28(16-27)36-33(25(9)10)19-30(22(3)4)20-34(36)26(11)12;1-2-4-5-3-1;3*1-2;;/h13-15,17-26H,1-12H3;1-5H;;;;;. The van der Waals surface area contributed by atoms with Gasteiger partial charge < -0.3 is 0 Å². The number of hydrogen-bond acceptors (Lipinski definition) is 0. The smallest absolute Gasteiger partial charge is 0.00506 e. The van der Waals surface area contributed by atoms with Gasteiger partial charge in [-0.25, -0.2) is 0 Å². The second-order valence-electron chi connectivity index (χ2n) is 13.8. The largest absolute Gasteiger partial charge is 0.0767 e. The molecule has 0 aromatic heterocycles. The monoisotopic (exact) mass is 802 g/mol. The van der Waals surface area contributed by atoms with Gasteiger partial charge in [-0.3, -0.25) is 0 Å². The topological polar surface area (TPSA) is 59.7 Å². The van der Waals surface area contributed by atoms with Gasteiger partial charge in [-0.1, -0.05) is 24.3 Å². The van der Waals surface area contributed by atoms with Gasteiger partial charge in [-0.05, 0) is 0 Å². The van der Waals surface area contributed by atoms with Crippen molar-refractivity contribution in [2.75, 3.05) is 0 Å². The van der Waals surface area contributed by atoms with E-state index in [1.165, 1.54) is 81.7 Å². The molecule has 1 aliphatic carbocycles. The molecule has 1 aliphatic rings. The second-order valence-corrected chi connectivity index (χ2v) is 15.2. The Balaban J connectivity index is 0. The molecule has 0 amide bonds. The first-order valence-corrected chi connectivity index (χ1v) is 18.2. The Morgan fingerprint density at radius 2 is 0.714 bits per heavy atom. The summed E-state index contributed by atoms with van der Waals surface area (Å²) in [4.78, 5) is 0. The third-order valence-corrected chi connectivity index (χ3v) is 9.96. The van der Waals surface area contributed by atoms with E-state index in [2.05, 4.69) is 146 Å². The molecule has 0 unspecified atom stereocenters. The molecule has 258 valence electrons. The zero-order chi connectivity index (χ0) is 37.3. The molecule has 3 aromatic rings. The van der Waals surface area contributed by atoms with Crippen LogP contribution >= 0.6 is 0 Å². The van der Waals surface area contributed by atoms with E-state index < -0.39 is 0 Å². The fraction of sp³-hybridized carbons (Fsp3) is 0.409. The third kappa shape index (κ3) is 13.4. The minimum absolute atomic E-state index is 0. The molecule has 0 fully saturated rings. The SMILES string of the molecule is CC(C)c1cc(C(C)C)c(-c2cccc(-c3c(C(C)C)cc(C(C)C)cc3C(C)C)[c]2[Sn])c(C(C)C)c1.[C-]#[O+].[C-]#[O+].[C-]#[O+].[CH]1C=CC=C1.[Cr]. The molecule has 0 bridgehead atoms. The number of allylic oxidation sites excluding steroid dienone is 4. The third-order valence-electron chi connectivity index (χ3n) is 8.42. The van der Waals surface area contributed by atoms with Crippen molar-refractivity contribution in [2.45, 2.75) is 119 Å². The molecule has 4 rings (SSSR count). The minimum Gasteiger partial charge on any atom is -0.0767 e. The van der Waals surface area contributed by atoms with Crippen LogP contribution in [0.1, 0.15) is 152 Å². The predicted molar refractivity (Wildman–Crippen MR) is 202 cm³/mol. The average Bonchev–Trinajstić information content (AvgIpc) is 3.67. The molecule has 3 aromatic carbocycles. The summed E-state index contributed by atoms with van der Waals surface area (Å²) in [6.07, 6.45) is 10.0. The second kappa shape index (κ2) is 24.8. The van der Waals surface area contributed by atoms with Crippen LogP contribution in [0.4, 0.5) is 0 Å². The molecule has 0 saturated heterocycles. The Morgan fingerprint density at radius 1 is 0.449 bits per heavy atom. The van der Waals surface area contributed by atoms with Crippen LogP contribution in [0.15, 0.2) is 66.8 Å². The maximum atomic E-state index is 7.50. The van der Waals surface area contributed by atoms with Crippen LogP contribution in [0, 0.1) is 26.4 Å². The molecule has 3 nitrogen and oxygen atoms in total. The van der Waals surface area contributed by atoms with Crippen LogP contribution in [0.2, 0.25) is 0 Å². The van der Waals surface area contributed by atoms with E-state index >= 15 is 0 Å². The van der Waals surface area contributed by atoms with Crippen molar-refractivity contribution in [1.29, 1.82) is 0 Å². The molecule has 0 heterocycles. The minimum atomic E-state index is 0. The maximum Gasteiger partial charge on any atom is 0.00506 e. The summed E-state index contributed by atoms with van der Waals surface area (Å²) in [5, 5.41) is 0. The summed E-state index contributed by atoms with van der Waals surface area (Å²) in [7, 11) is 0. The normalized spacial score (nSPS) is 11.2. The molecule has 0 aliphatic heterocycles. The van der Waals surface area contributed by atoms with Crippen LogP contribution in [0.5, 0.6) is 0 Å². The van der Waals surface area contributed by atoms with Gasteiger partial charge in [-0.15, -0.1) is 0 Å². The molecule has 5 heteroatoms. The molecule has 4 radical (unpaired) electrons. The van der Waals surface area contributed by atoms with Crippen LogP contribution in [0.25, 0.3) is 22.3 Å². The Labute approximate surface area is 322 Å². The van der Waals surface area contributed by atoms with E-state index in [0.717, 1.165) is 0 Å². The fourth-order valence-electron chi connectivity index (χ4n) is 5.82.